The predicted molar refractivity (Wildman–Crippen MR) is 64.9 cm³/mol. The number of rotatable bonds is 2. The highest BCUT2D eigenvalue weighted by Gasteiger charge is 2.09. The molecule has 2 aromatic rings. The fraction of sp³-hybridized carbons (Fsp3) is 0.0769. The van der Waals surface area contributed by atoms with Crippen LogP contribution in [0.3, 0.4) is 0 Å². The number of aliphatic hydroxyl groups is 1. The lowest BCUT2D eigenvalue weighted by molar-refractivity contribution is 0.0988. The maximum absolute atomic E-state index is 11.7. The molecule has 2 N–H and O–H groups in total. The van der Waals surface area contributed by atoms with E-state index in [-0.39, 0.29) is 18.3 Å². The molecule has 0 atom stereocenters. The predicted octanol–water partition coefficient (Wildman–Crippen LogP) is 1.27. The van der Waals surface area contributed by atoms with Gasteiger partial charge < -0.3 is 14.9 Å². The molecule has 5 heteroatoms. The van der Waals surface area contributed by atoms with Gasteiger partial charge in [-0.15, -0.1) is 0 Å². The van der Waals surface area contributed by atoms with Gasteiger partial charge >= 0.3 is 0 Å². The van der Waals surface area contributed by atoms with E-state index >= 15 is 0 Å². The van der Waals surface area contributed by atoms with Crippen molar-refractivity contribution in [1.82, 2.24) is 5.16 Å². The summed E-state index contributed by atoms with van der Waals surface area (Å²) in [6.07, 6.45) is 1.40. The van der Waals surface area contributed by atoms with Crippen molar-refractivity contribution < 1.29 is 14.4 Å². The number of hydrogen-bond donors (Lipinski definition) is 2. The van der Waals surface area contributed by atoms with Crippen molar-refractivity contribution in [2.75, 3.05) is 11.9 Å². The third-order valence-corrected chi connectivity index (χ3v) is 2.09. The Morgan fingerprint density at radius 1 is 1.44 bits per heavy atom. The normalized spacial score (nSPS) is 9.39. The first kappa shape index (κ1) is 11.9. The quantitative estimate of drug-likeness (QED) is 0.778. The van der Waals surface area contributed by atoms with Crippen molar-refractivity contribution in [2.45, 2.75) is 0 Å². The van der Waals surface area contributed by atoms with Gasteiger partial charge in [-0.3, -0.25) is 4.79 Å². The van der Waals surface area contributed by atoms with Crippen molar-refractivity contribution in [3.8, 4) is 11.8 Å². The van der Waals surface area contributed by atoms with Crippen LogP contribution in [0.2, 0.25) is 0 Å². The molecule has 0 spiro atoms. The number of aliphatic hydroxyl groups excluding tert-OH is 1. The van der Waals surface area contributed by atoms with E-state index in [4.69, 9.17) is 9.63 Å². The molecule has 0 saturated carbocycles. The first-order chi connectivity index (χ1) is 8.79. The molecule has 0 fully saturated rings. The maximum Gasteiger partial charge on any atom is 0.294 e. The van der Waals surface area contributed by atoms with Gasteiger partial charge in [0.2, 0.25) is 5.76 Å². The number of nitrogens with one attached hydrogen (secondary N) is 1. The van der Waals surface area contributed by atoms with Gasteiger partial charge in [0.25, 0.3) is 5.91 Å². The molecule has 90 valence electrons. The molecule has 1 heterocycles. The molecule has 1 aromatic heterocycles. The van der Waals surface area contributed by atoms with Crippen LogP contribution in [0.5, 0.6) is 0 Å². The number of nitrogens with zero attached hydrogens (tertiary/aromatic N) is 1. The Balaban J connectivity index is 2.12. The molecule has 0 saturated heterocycles. The fourth-order valence-electron chi connectivity index (χ4n) is 1.34. The standard InChI is InChI=1S/C13H10N2O3/c16-8-2-4-10-3-1-5-11(9-10)15-13(17)12-6-7-14-18-12/h1,3,5-7,9,16H,8H2,(H,15,17). The summed E-state index contributed by atoms with van der Waals surface area (Å²) in [6.45, 7) is -0.200. The Labute approximate surface area is 103 Å². The van der Waals surface area contributed by atoms with E-state index in [2.05, 4.69) is 22.3 Å². The smallest absolute Gasteiger partial charge is 0.294 e. The van der Waals surface area contributed by atoms with E-state index < -0.39 is 0 Å². The first-order valence-corrected chi connectivity index (χ1v) is 5.21. The third-order valence-electron chi connectivity index (χ3n) is 2.09. The van der Waals surface area contributed by atoms with Crippen LogP contribution in [0.1, 0.15) is 16.1 Å². The van der Waals surface area contributed by atoms with Crippen LogP contribution in [0.15, 0.2) is 41.1 Å². The number of carbonyl (C=O) groups is 1. The van der Waals surface area contributed by atoms with Gasteiger partial charge in [0.15, 0.2) is 0 Å². The van der Waals surface area contributed by atoms with Crippen LogP contribution in [0.25, 0.3) is 0 Å². The van der Waals surface area contributed by atoms with Crippen molar-refractivity contribution in [3.63, 3.8) is 0 Å². The SMILES string of the molecule is O=C(Nc1cccc(C#CCO)c1)c1ccno1. The van der Waals surface area contributed by atoms with Crippen molar-refractivity contribution >= 4 is 11.6 Å². The summed E-state index contributed by atoms with van der Waals surface area (Å²) in [5, 5.41) is 14.7. The molecular formula is C13H10N2O3. The van der Waals surface area contributed by atoms with Gasteiger partial charge in [-0.25, -0.2) is 0 Å². The summed E-state index contributed by atoms with van der Waals surface area (Å²) in [5.41, 5.74) is 1.31. The van der Waals surface area contributed by atoms with Crippen molar-refractivity contribution in [2.24, 2.45) is 0 Å². The zero-order valence-electron chi connectivity index (χ0n) is 9.38. The summed E-state index contributed by atoms with van der Waals surface area (Å²) in [7, 11) is 0. The molecule has 0 aliphatic rings. The summed E-state index contributed by atoms with van der Waals surface area (Å²) in [6, 6.07) is 8.46. The van der Waals surface area contributed by atoms with Crippen molar-refractivity contribution in [3.05, 3.63) is 47.9 Å². The molecular weight excluding hydrogens is 232 g/mol. The highest BCUT2D eigenvalue weighted by molar-refractivity contribution is 6.02. The average Bonchev–Trinajstić information content (AvgIpc) is 2.91. The monoisotopic (exact) mass is 242 g/mol. The maximum atomic E-state index is 11.7. The lowest BCUT2D eigenvalue weighted by Gasteiger charge is -2.02. The molecule has 0 aliphatic carbocycles. The molecule has 0 bridgehead atoms. The Hall–Kier alpha value is -2.58. The van der Waals surface area contributed by atoms with Gasteiger partial charge in [0.1, 0.15) is 6.61 Å². The van der Waals surface area contributed by atoms with E-state index in [0.717, 1.165) is 0 Å². The molecule has 18 heavy (non-hydrogen) atoms. The fourth-order valence-corrected chi connectivity index (χ4v) is 1.34. The van der Waals surface area contributed by atoms with Crippen LogP contribution < -0.4 is 5.32 Å². The topological polar surface area (TPSA) is 75.4 Å². The second kappa shape index (κ2) is 5.66. The molecule has 0 aliphatic heterocycles. The number of benzene rings is 1. The Bertz CT molecular complexity index is 594. The summed E-state index contributed by atoms with van der Waals surface area (Å²) < 4.78 is 4.74. The number of aromatic nitrogens is 1. The van der Waals surface area contributed by atoms with Gasteiger partial charge in [0.05, 0.1) is 6.20 Å². The Morgan fingerprint density at radius 3 is 3.06 bits per heavy atom. The zero-order valence-corrected chi connectivity index (χ0v) is 9.38. The largest absolute Gasteiger partial charge is 0.384 e. The Morgan fingerprint density at radius 2 is 2.33 bits per heavy atom. The van der Waals surface area contributed by atoms with Gasteiger partial charge in [-0.1, -0.05) is 23.1 Å². The lowest BCUT2D eigenvalue weighted by atomic mass is 10.2. The summed E-state index contributed by atoms with van der Waals surface area (Å²) in [4.78, 5) is 11.7. The zero-order chi connectivity index (χ0) is 12.8. The van der Waals surface area contributed by atoms with E-state index in [0.29, 0.717) is 11.3 Å². The number of anilines is 1. The number of carbonyl (C=O) groups excluding carboxylic acids is 1. The molecule has 1 aromatic carbocycles. The summed E-state index contributed by atoms with van der Waals surface area (Å²) in [5.74, 6) is 5.06. The van der Waals surface area contributed by atoms with Gasteiger partial charge in [0, 0.05) is 17.3 Å². The van der Waals surface area contributed by atoms with Crippen LogP contribution in [0.4, 0.5) is 5.69 Å². The third kappa shape index (κ3) is 2.97. The lowest BCUT2D eigenvalue weighted by Crippen LogP contribution is -2.10. The average molecular weight is 242 g/mol. The molecule has 1 amide bonds. The number of hydrogen-bond acceptors (Lipinski definition) is 4. The van der Waals surface area contributed by atoms with E-state index in [1.807, 2.05) is 0 Å². The highest BCUT2D eigenvalue weighted by Crippen LogP contribution is 2.11. The minimum Gasteiger partial charge on any atom is -0.384 e. The van der Waals surface area contributed by atoms with E-state index in [1.165, 1.54) is 12.3 Å². The second-order valence-electron chi connectivity index (χ2n) is 3.37. The summed E-state index contributed by atoms with van der Waals surface area (Å²) >= 11 is 0. The minimum absolute atomic E-state index is 0.141. The van der Waals surface area contributed by atoms with Gasteiger partial charge in [-0.2, -0.15) is 0 Å². The minimum atomic E-state index is -0.375. The Kier molecular flexibility index (Phi) is 3.74. The second-order valence-corrected chi connectivity index (χ2v) is 3.37. The van der Waals surface area contributed by atoms with Gasteiger partial charge in [-0.05, 0) is 18.2 Å². The van der Waals surface area contributed by atoms with Crippen LogP contribution >= 0.6 is 0 Å². The number of amides is 1. The van der Waals surface area contributed by atoms with Crippen LogP contribution in [0, 0.1) is 11.8 Å². The van der Waals surface area contributed by atoms with Crippen molar-refractivity contribution in [1.29, 1.82) is 0 Å². The van der Waals surface area contributed by atoms with Crippen LogP contribution in [-0.4, -0.2) is 22.8 Å². The highest BCUT2D eigenvalue weighted by atomic mass is 16.5. The molecule has 0 radical (unpaired) electrons. The van der Waals surface area contributed by atoms with E-state index in [9.17, 15) is 4.79 Å². The molecule has 0 unspecified atom stereocenters. The molecule has 5 nitrogen and oxygen atoms in total. The first-order valence-electron chi connectivity index (χ1n) is 5.21. The van der Waals surface area contributed by atoms with E-state index in [1.54, 1.807) is 24.3 Å². The van der Waals surface area contributed by atoms with Crippen LogP contribution in [-0.2, 0) is 0 Å². The molecule has 2 rings (SSSR count).